The van der Waals surface area contributed by atoms with Crippen molar-refractivity contribution < 1.29 is 22.7 Å². The van der Waals surface area contributed by atoms with Gasteiger partial charge in [0.1, 0.15) is 0 Å². The van der Waals surface area contributed by atoms with Crippen molar-refractivity contribution in [3.05, 3.63) is 23.8 Å². The van der Waals surface area contributed by atoms with E-state index in [0.29, 0.717) is 62.4 Å². The van der Waals surface area contributed by atoms with E-state index < -0.39 is 10.2 Å². The van der Waals surface area contributed by atoms with Crippen molar-refractivity contribution in [3.8, 4) is 11.5 Å². The lowest BCUT2D eigenvalue weighted by Crippen LogP contribution is -2.53. The van der Waals surface area contributed by atoms with Gasteiger partial charge in [0.05, 0.1) is 5.92 Å². The van der Waals surface area contributed by atoms with Gasteiger partial charge in [0, 0.05) is 32.7 Å². The Bertz CT molecular complexity index is 881. The van der Waals surface area contributed by atoms with Crippen LogP contribution in [0.5, 0.6) is 11.5 Å². The largest absolute Gasteiger partial charge is 0.454 e. The Morgan fingerprint density at radius 3 is 2.60 bits per heavy atom. The molecule has 0 bridgehead atoms. The molecule has 1 N–H and O–H groups in total. The number of piperidine rings is 2. The summed E-state index contributed by atoms with van der Waals surface area (Å²) in [4.78, 5) is 12.8. The Morgan fingerprint density at radius 1 is 1.10 bits per heavy atom. The number of hydrogen-bond acceptors (Lipinski definition) is 5. The third kappa shape index (κ3) is 4.58. The van der Waals surface area contributed by atoms with Crippen LogP contribution in [0, 0.1) is 17.8 Å². The van der Waals surface area contributed by atoms with Crippen LogP contribution in [0.1, 0.15) is 38.7 Å². The number of carbonyl (C=O) groups excluding carboxylic acids is 1. The molecule has 1 amide bonds. The zero-order valence-corrected chi connectivity index (χ0v) is 18.5. The number of fused-ring (bicyclic) bond motifs is 1. The SMILES string of the molecule is C[C@@H]1C[C@@H](C)CN(S(=O)(=O)N2CCC[C@H](C(=O)NCc3ccc4c(c3)OCO4)C2)C1. The van der Waals surface area contributed by atoms with Crippen molar-refractivity contribution in [2.75, 3.05) is 33.0 Å². The standard InChI is InChI=1S/C21H31N3O5S/c1-15-8-16(2)12-24(11-15)30(26,27)23-7-3-4-18(13-23)21(25)22-10-17-5-6-19-20(9-17)29-14-28-19/h5-6,9,15-16,18H,3-4,7-8,10-14H2,1-2H3,(H,22,25)/t15-,16-,18+/m1/s1. The monoisotopic (exact) mass is 437 g/mol. The highest BCUT2D eigenvalue weighted by atomic mass is 32.2. The fourth-order valence-electron chi connectivity index (χ4n) is 4.71. The molecular weight excluding hydrogens is 406 g/mol. The number of nitrogens with one attached hydrogen (secondary N) is 1. The van der Waals surface area contributed by atoms with Crippen LogP contribution in [0.4, 0.5) is 0 Å². The predicted molar refractivity (Wildman–Crippen MR) is 112 cm³/mol. The average molecular weight is 438 g/mol. The number of carbonyl (C=O) groups is 1. The highest BCUT2D eigenvalue weighted by molar-refractivity contribution is 7.86. The van der Waals surface area contributed by atoms with Gasteiger partial charge in [-0.3, -0.25) is 4.79 Å². The van der Waals surface area contributed by atoms with Crippen molar-refractivity contribution in [1.29, 1.82) is 0 Å². The molecule has 4 rings (SSSR count). The fraction of sp³-hybridized carbons (Fsp3) is 0.667. The Kier molecular flexibility index (Phi) is 6.22. The summed E-state index contributed by atoms with van der Waals surface area (Å²) in [6, 6.07) is 5.59. The fourth-order valence-corrected chi connectivity index (χ4v) is 6.65. The van der Waals surface area contributed by atoms with Crippen molar-refractivity contribution >= 4 is 16.1 Å². The summed E-state index contributed by atoms with van der Waals surface area (Å²) in [6.07, 6.45) is 2.45. The molecule has 3 aliphatic rings. The van der Waals surface area contributed by atoms with Crippen LogP contribution in [0.15, 0.2) is 18.2 Å². The second-order valence-corrected chi connectivity index (χ2v) is 10.8. The molecule has 0 saturated carbocycles. The molecule has 9 heteroatoms. The quantitative estimate of drug-likeness (QED) is 0.761. The molecule has 3 heterocycles. The summed E-state index contributed by atoms with van der Waals surface area (Å²) in [5, 5.41) is 2.96. The molecule has 166 valence electrons. The number of benzene rings is 1. The van der Waals surface area contributed by atoms with Gasteiger partial charge < -0.3 is 14.8 Å². The molecule has 2 fully saturated rings. The maximum Gasteiger partial charge on any atom is 0.282 e. The lowest BCUT2D eigenvalue weighted by molar-refractivity contribution is -0.126. The molecule has 0 aliphatic carbocycles. The van der Waals surface area contributed by atoms with Crippen molar-refractivity contribution in [2.45, 2.75) is 39.7 Å². The highest BCUT2D eigenvalue weighted by Crippen LogP contribution is 2.32. The van der Waals surface area contributed by atoms with Gasteiger partial charge in [0.2, 0.25) is 12.7 Å². The number of amides is 1. The van der Waals surface area contributed by atoms with Crippen LogP contribution in [0.25, 0.3) is 0 Å². The lowest BCUT2D eigenvalue weighted by Gasteiger charge is -2.39. The summed E-state index contributed by atoms with van der Waals surface area (Å²) < 4.78 is 40.2. The van der Waals surface area contributed by atoms with Gasteiger partial charge in [-0.2, -0.15) is 17.0 Å². The molecule has 2 saturated heterocycles. The molecular formula is C21H31N3O5S. The number of rotatable bonds is 5. The first-order valence-corrected chi connectivity index (χ1v) is 12.1. The summed E-state index contributed by atoms with van der Waals surface area (Å²) in [5.74, 6) is 1.67. The van der Waals surface area contributed by atoms with Gasteiger partial charge in [-0.1, -0.05) is 19.9 Å². The first-order valence-electron chi connectivity index (χ1n) is 10.7. The molecule has 0 unspecified atom stereocenters. The zero-order valence-electron chi connectivity index (χ0n) is 17.7. The maximum absolute atomic E-state index is 13.2. The first kappa shape index (κ1) is 21.4. The highest BCUT2D eigenvalue weighted by Gasteiger charge is 2.38. The van der Waals surface area contributed by atoms with Crippen molar-refractivity contribution in [1.82, 2.24) is 13.9 Å². The van der Waals surface area contributed by atoms with Crippen LogP contribution >= 0.6 is 0 Å². The Balaban J connectivity index is 1.35. The lowest BCUT2D eigenvalue weighted by atomic mass is 9.94. The second kappa shape index (κ2) is 8.72. The minimum atomic E-state index is -3.54. The molecule has 0 spiro atoms. The third-order valence-corrected chi connectivity index (χ3v) is 8.08. The molecule has 1 aromatic rings. The molecule has 0 radical (unpaired) electrons. The normalized spacial score (nSPS) is 27.7. The van der Waals surface area contributed by atoms with E-state index in [1.54, 1.807) is 4.31 Å². The summed E-state index contributed by atoms with van der Waals surface area (Å²) in [6.45, 7) is 6.63. The number of hydrogen-bond donors (Lipinski definition) is 1. The van der Waals surface area contributed by atoms with Gasteiger partial charge in [0.15, 0.2) is 11.5 Å². The smallest absolute Gasteiger partial charge is 0.282 e. The molecule has 3 atom stereocenters. The number of ether oxygens (including phenoxy) is 2. The first-order chi connectivity index (χ1) is 14.3. The van der Waals surface area contributed by atoms with Crippen molar-refractivity contribution in [2.24, 2.45) is 17.8 Å². The van der Waals surface area contributed by atoms with E-state index in [-0.39, 0.29) is 25.2 Å². The van der Waals surface area contributed by atoms with Gasteiger partial charge in [-0.15, -0.1) is 0 Å². The van der Waals surface area contributed by atoms with E-state index in [4.69, 9.17) is 9.47 Å². The topological polar surface area (TPSA) is 88.2 Å². The second-order valence-electron chi connectivity index (χ2n) is 8.87. The van der Waals surface area contributed by atoms with E-state index >= 15 is 0 Å². The van der Waals surface area contributed by atoms with E-state index in [9.17, 15) is 13.2 Å². The Labute approximate surface area is 178 Å². The van der Waals surface area contributed by atoms with Crippen molar-refractivity contribution in [3.63, 3.8) is 0 Å². The van der Waals surface area contributed by atoms with Crippen LogP contribution in [-0.2, 0) is 21.5 Å². The van der Waals surface area contributed by atoms with E-state index in [0.717, 1.165) is 12.0 Å². The molecule has 1 aromatic carbocycles. The minimum Gasteiger partial charge on any atom is -0.454 e. The molecule has 0 aromatic heterocycles. The Morgan fingerprint density at radius 2 is 1.83 bits per heavy atom. The number of nitrogens with zero attached hydrogens (tertiary/aromatic N) is 2. The Hall–Kier alpha value is -1.84. The minimum absolute atomic E-state index is 0.104. The van der Waals surface area contributed by atoms with Crippen LogP contribution < -0.4 is 14.8 Å². The van der Waals surface area contributed by atoms with Crippen LogP contribution in [0.3, 0.4) is 0 Å². The van der Waals surface area contributed by atoms with Gasteiger partial charge in [-0.25, -0.2) is 0 Å². The van der Waals surface area contributed by atoms with E-state index in [1.165, 1.54) is 4.31 Å². The van der Waals surface area contributed by atoms with Crippen LogP contribution in [-0.4, -0.2) is 55.9 Å². The average Bonchev–Trinajstić information content (AvgIpc) is 3.19. The van der Waals surface area contributed by atoms with Crippen LogP contribution in [0.2, 0.25) is 0 Å². The third-order valence-electron chi connectivity index (χ3n) is 6.15. The van der Waals surface area contributed by atoms with Gasteiger partial charge in [0.25, 0.3) is 10.2 Å². The van der Waals surface area contributed by atoms with E-state index in [2.05, 4.69) is 19.2 Å². The maximum atomic E-state index is 13.2. The van der Waals surface area contributed by atoms with Gasteiger partial charge >= 0.3 is 0 Å². The predicted octanol–water partition coefficient (Wildman–Crippen LogP) is 1.97. The summed E-state index contributed by atoms with van der Waals surface area (Å²) >= 11 is 0. The van der Waals surface area contributed by atoms with Gasteiger partial charge in [-0.05, 0) is 48.8 Å². The molecule has 3 aliphatic heterocycles. The molecule has 30 heavy (non-hydrogen) atoms. The molecule has 8 nitrogen and oxygen atoms in total. The summed E-state index contributed by atoms with van der Waals surface area (Å²) in [5.41, 5.74) is 0.921. The zero-order chi connectivity index (χ0) is 21.3. The summed E-state index contributed by atoms with van der Waals surface area (Å²) in [7, 11) is -3.54. The van der Waals surface area contributed by atoms with E-state index in [1.807, 2.05) is 18.2 Å².